The van der Waals surface area contributed by atoms with Gasteiger partial charge in [0, 0.05) is 38.4 Å². The molecule has 3 N–H and O–H groups in total. The van der Waals surface area contributed by atoms with E-state index in [9.17, 15) is 24.5 Å². The van der Waals surface area contributed by atoms with Crippen LogP contribution in [0.1, 0.15) is 22.3 Å². The van der Waals surface area contributed by atoms with Crippen LogP contribution >= 0.6 is 0 Å². The van der Waals surface area contributed by atoms with Crippen molar-refractivity contribution in [3.8, 4) is 5.75 Å². The van der Waals surface area contributed by atoms with Gasteiger partial charge in [-0.25, -0.2) is 4.79 Å². The van der Waals surface area contributed by atoms with Crippen LogP contribution in [0.25, 0.3) is 0 Å². The minimum absolute atomic E-state index is 0.00642. The first-order chi connectivity index (χ1) is 13.9. The van der Waals surface area contributed by atoms with Gasteiger partial charge in [-0.05, 0) is 25.1 Å². The summed E-state index contributed by atoms with van der Waals surface area (Å²) in [6.07, 6.45) is 0.403. The second-order valence-electron chi connectivity index (χ2n) is 7.51. The van der Waals surface area contributed by atoms with Crippen molar-refractivity contribution >= 4 is 24.8 Å². The van der Waals surface area contributed by atoms with Crippen LogP contribution in [0.5, 0.6) is 5.75 Å². The highest BCUT2D eigenvalue weighted by Crippen LogP contribution is 2.36. The Labute approximate surface area is 169 Å². The molecular weight excluding hydrogens is 377 g/mol. The lowest BCUT2D eigenvalue weighted by Crippen LogP contribution is -2.52. The van der Waals surface area contributed by atoms with Gasteiger partial charge in [-0.15, -0.1) is 0 Å². The van der Waals surface area contributed by atoms with Crippen LogP contribution in [-0.2, 0) is 16.0 Å². The molecule has 29 heavy (non-hydrogen) atoms. The van der Waals surface area contributed by atoms with Crippen LogP contribution < -0.4 is 9.97 Å². The maximum atomic E-state index is 12.5. The van der Waals surface area contributed by atoms with Crippen LogP contribution in [0, 0.1) is 0 Å². The number of carboxylic acid groups (broad SMARTS) is 1. The summed E-state index contributed by atoms with van der Waals surface area (Å²) in [4.78, 5) is 39.8. The van der Waals surface area contributed by atoms with Gasteiger partial charge in [0.15, 0.2) is 5.78 Å². The monoisotopic (exact) mass is 403 g/mol. The molecule has 0 aliphatic carbocycles. The fourth-order valence-electron chi connectivity index (χ4n) is 3.78. The molecule has 2 heterocycles. The molecular formula is C19H26BN3O6. The molecule has 0 radical (unpaired) electrons. The Hall–Kier alpha value is -2.43. The fraction of sp³-hybridized carbons (Fsp3) is 0.526. The van der Waals surface area contributed by atoms with Crippen LogP contribution in [0.3, 0.4) is 0 Å². The van der Waals surface area contributed by atoms with Crippen LogP contribution in [-0.4, -0.2) is 91.0 Å². The molecule has 3 rings (SSSR count). The number of carbonyl (C=O) groups excluding carboxylic acids is 2. The SMILES string of the molecule is CNCCN1CCN(CC(=O)C[C@H]2Cc3cccc(C(=O)O)c3OB2O)C(=O)C1. The highest BCUT2D eigenvalue weighted by Gasteiger charge is 2.38. The Morgan fingerprint density at radius 3 is 2.83 bits per heavy atom. The fourth-order valence-corrected chi connectivity index (χ4v) is 3.78. The molecule has 0 unspecified atom stereocenters. The number of carboxylic acids is 1. The normalized spacial score (nSPS) is 19.7. The number of aromatic carboxylic acids is 1. The highest BCUT2D eigenvalue weighted by molar-refractivity contribution is 6.47. The Bertz CT molecular complexity index is 789. The summed E-state index contributed by atoms with van der Waals surface area (Å²) in [6, 6.07) is 4.77. The second-order valence-corrected chi connectivity index (χ2v) is 7.51. The molecule has 9 nitrogen and oxygen atoms in total. The van der Waals surface area contributed by atoms with Gasteiger partial charge in [0.05, 0.1) is 18.7 Å². The zero-order valence-electron chi connectivity index (χ0n) is 16.5. The molecule has 1 fully saturated rings. The first-order valence-electron chi connectivity index (χ1n) is 9.75. The van der Waals surface area contributed by atoms with Crippen molar-refractivity contribution in [1.29, 1.82) is 0 Å². The van der Waals surface area contributed by atoms with Crippen molar-refractivity contribution < 1.29 is 29.2 Å². The third-order valence-electron chi connectivity index (χ3n) is 5.38. The Morgan fingerprint density at radius 2 is 2.14 bits per heavy atom. The Morgan fingerprint density at radius 1 is 1.34 bits per heavy atom. The molecule has 1 saturated heterocycles. The number of fused-ring (bicyclic) bond motifs is 1. The number of hydrogen-bond acceptors (Lipinski definition) is 7. The molecule has 0 spiro atoms. The molecule has 0 saturated carbocycles. The Kier molecular flexibility index (Phi) is 6.89. The van der Waals surface area contributed by atoms with Gasteiger partial charge in [-0.2, -0.15) is 0 Å². The average molecular weight is 403 g/mol. The molecule has 2 aliphatic heterocycles. The molecule has 1 atom stereocenters. The first kappa shape index (κ1) is 21.3. The minimum Gasteiger partial charge on any atom is -0.535 e. The van der Waals surface area contributed by atoms with Crippen LogP contribution in [0.2, 0.25) is 5.82 Å². The smallest absolute Gasteiger partial charge is 0.526 e. The topological polar surface area (TPSA) is 119 Å². The molecule has 156 valence electrons. The third kappa shape index (κ3) is 5.14. The number of amides is 1. The summed E-state index contributed by atoms with van der Waals surface area (Å²) >= 11 is 0. The summed E-state index contributed by atoms with van der Waals surface area (Å²) in [5.74, 6) is -1.67. The number of nitrogens with zero attached hydrogens (tertiary/aromatic N) is 2. The molecule has 1 amide bonds. The van der Waals surface area contributed by atoms with E-state index in [2.05, 4.69) is 10.2 Å². The Balaban J connectivity index is 1.56. The van der Waals surface area contributed by atoms with Crippen molar-refractivity contribution in [3.63, 3.8) is 0 Å². The van der Waals surface area contributed by atoms with E-state index in [0.717, 1.165) is 19.6 Å². The maximum Gasteiger partial charge on any atom is 0.526 e. The summed E-state index contributed by atoms with van der Waals surface area (Å²) in [6.45, 7) is 3.13. The lowest BCUT2D eigenvalue weighted by molar-refractivity contribution is -0.139. The van der Waals surface area contributed by atoms with Crippen molar-refractivity contribution in [3.05, 3.63) is 29.3 Å². The quantitative estimate of drug-likeness (QED) is 0.497. The van der Waals surface area contributed by atoms with E-state index in [0.29, 0.717) is 25.1 Å². The van der Waals surface area contributed by atoms with E-state index in [1.54, 1.807) is 17.0 Å². The van der Waals surface area contributed by atoms with Gasteiger partial charge in [0.25, 0.3) is 0 Å². The number of Topliss-reactive ketones (excluding diaryl/α,β-unsaturated/α-hetero) is 1. The molecule has 10 heteroatoms. The number of hydrogen-bond donors (Lipinski definition) is 3. The standard InChI is InChI=1S/C19H26BN3O6/c1-21-5-6-22-7-8-23(17(25)12-22)11-15(24)10-14-9-13-3-2-4-16(19(26)27)18(13)29-20(14)28/h2-4,14,21,28H,5-12H2,1H3,(H,26,27)/t14-/m1/s1. The predicted octanol–water partition coefficient (Wildman–Crippen LogP) is -0.507. The van der Waals surface area contributed by atoms with Crippen molar-refractivity contribution in [2.45, 2.75) is 18.7 Å². The van der Waals surface area contributed by atoms with Gasteiger partial charge >= 0.3 is 13.1 Å². The summed E-state index contributed by atoms with van der Waals surface area (Å²) in [5.41, 5.74) is 0.648. The van der Waals surface area contributed by atoms with Crippen molar-refractivity contribution in [2.24, 2.45) is 0 Å². The number of ketones is 1. The van der Waals surface area contributed by atoms with Gasteiger partial charge < -0.3 is 25.0 Å². The largest absolute Gasteiger partial charge is 0.535 e. The van der Waals surface area contributed by atoms with E-state index in [1.165, 1.54) is 6.07 Å². The number of carbonyl (C=O) groups is 3. The number of benzene rings is 1. The van der Waals surface area contributed by atoms with Crippen molar-refractivity contribution in [1.82, 2.24) is 15.1 Å². The predicted molar refractivity (Wildman–Crippen MR) is 106 cm³/mol. The molecule has 1 aromatic rings. The summed E-state index contributed by atoms with van der Waals surface area (Å²) in [7, 11) is 0.599. The lowest BCUT2D eigenvalue weighted by atomic mass is 9.64. The van der Waals surface area contributed by atoms with Gasteiger partial charge in [0.2, 0.25) is 5.91 Å². The lowest BCUT2D eigenvalue weighted by Gasteiger charge is -2.34. The first-order valence-corrected chi connectivity index (χ1v) is 9.75. The average Bonchev–Trinajstić information content (AvgIpc) is 2.68. The molecule has 2 aliphatic rings. The van der Waals surface area contributed by atoms with E-state index in [-0.39, 0.29) is 36.0 Å². The minimum atomic E-state index is -1.26. The van der Waals surface area contributed by atoms with E-state index >= 15 is 0 Å². The van der Waals surface area contributed by atoms with Gasteiger partial charge in [0.1, 0.15) is 5.75 Å². The third-order valence-corrected chi connectivity index (χ3v) is 5.38. The summed E-state index contributed by atoms with van der Waals surface area (Å²) < 4.78 is 5.43. The van der Waals surface area contributed by atoms with Crippen LogP contribution in [0.15, 0.2) is 18.2 Å². The highest BCUT2D eigenvalue weighted by atomic mass is 16.5. The number of para-hydroxylation sites is 1. The van der Waals surface area contributed by atoms with Gasteiger partial charge in [-0.1, -0.05) is 12.1 Å². The summed E-state index contributed by atoms with van der Waals surface area (Å²) in [5, 5.41) is 22.6. The zero-order chi connectivity index (χ0) is 21.0. The molecule has 1 aromatic carbocycles. The van der Waals surface area contributed by atoms with Crippen LogP contribution in [0.4, 0.5) is 0 Å². The number of nitrogens with one attached hydrogen (secondary N) is 1. The number of piperazine rings is 1. The molecule has 0 aromatic heterocycles. The maximum absolute atomic E-state index is 12.5. The zero-order valence-corrected chi connectivity index (χ0v) is 16.5. The van der Waals surface area contributed by atoms with E-state index in [1.807, 2.05) is 7.05 Å². The van der Waals surface area contributed by atoms with E-state index < -0.39 is 18.9 Å². The second kappa shape index (κ2) is 9.38. The van der Waals surface area contributed by atoms with E-state index in [4.69, 9.17) is 4.65 Å². The number of likely N-dealkylation sites (N-methyl/N-ethyl adjacent to an activating group) is 1. The van der Waals surface area contributed by atoms with Crippen molar-refractivity contribution in [2.75, 3.05) is 46.3 Å². The number of rotatable bonds is 8. The molecule has 0 bridgehead atoms. The van der Waals surface area contributed by atoms with Gasteiger partial charge in [-0.3, -0.25) is 14.5 Å².